The van der Waals surface area contributed by atoms with Gasteiger partial charge in [0.15, 0.2) is 0 Å². The summed E-state index contributed by atoms with van der Waals surface area (Å²) in [5.41, 5.74) is 0. The Labute approximate surface area is 101 Å². The van der Waals surface area contributed by atoms with E-state index in [2.05, 4.69) is 17.6 Å². The molecule has 1 aliphatic carbocycles. The SMILES string of the molecule is CCC1CCCC(NCC2CCCNC2)C1. The summed E-state index contributed by atoms with van der Waals surface area (Å²) >= 11 is 0. The molecule has 2 fully saturated rings. The monoisotopic (exact) mass is 224 g/mol. The molecule has 0 radical (unpaired) electrons. The fourth-order valence-corrected chi connectivity index (χ4v) is 3.28. The van der Waals surface area contributed by atoms with Gasteiger partial charge in [-0.25, -0.2) is 0 Å². The van der Waals surface area contributed by atoms with Crippen LogP contribution in [0.15, 0.2) is 0 Å². The molecular weight excluding hydrogens is 196 g/mol. The van der Waals surface area contributed by atoms with E-state index in [4.69, 9.17) is 0 Å². The van der Waals surface area contributed by atoms with E-state index in [0.29, 0.717) is 0 Å². The molecule has 2 heteroatoms. The maximum absolute atomic E-state index is 3.82. The van der Waals surface area contributed by atoms with Gasteiger partial charge < -0.3 is 10.6 Å². The molecule has 3 unspecified atom stereocenters. The van der Waals surface area contributed by atoms with Crippen LogP contribution < -0.4 is 10.6 Å². The van der Waals surface area contributed by atoms with E-state index in [1.54, 1.807) is 0 Å². The number of nitrogens with one attached hydrogen (secondary N) is 2. The summed E-state index contributed by atoms with van der Waals surface area (Å²) in [4.78, 5) is 0. The molecule has 0 bridgehead atoms. The minimum Gasteiger partial charge on any atom is -0.316 e. The topological polar surface area (TPSA) is 24.1 Å². The molecule has 0 amide bonds. The summed E-state index contributed by atoms with van der Waals surface area (Å²) < 4.78 is 0. The average molecular weight is 224 g/mol. The molecule has 0 aromatic heterocycles. The highest BCUT2D eigenvalue weighted by Crippen LogP contribution is 2.26. The number of hydrogen-bond donors (Lipinski definition) is 2. The second-order valence-electron chi connectivity index (χ2n) is 5.76. The predicted octanol–water partition coefficient (Wildman–Crippen LogP) is 2.54. The lowest BCUT2D eigenvalue weighted by molar-refractivity contribution is 0.259. The first-order valence-corrected chi connectivity index (χ1v) is 7.32. The molecule has 0 aromatic carbocycles. The van der Waals surface area contributed by atoms with Crippen LogP contribution in [0.2, 0.25) is 0 Å². The zero-order valence-corrected chi connectivity index (χ0v) is 10.8. The summed E-state index contributed by atoms with van der Waals surface area (Å²) in [6.45, 7) is 6.06. The van der Waals surface area contributed by atoms with E-state index in [9.17, 15) is 0 Å². The van der Waals surface area contributed by atoms with Gasteiger partial charge in [-0.1, -0.05) is 26.2 Å². The zero-order chi connectivity index (χ0) is 11.2. The van der Waals surface area contributed by atoms with Crippen molar-refractivity contribution in [2.75, 3.05) is 19.6 Å². The van der Waals surface area contributed by atoms with E-state index in [1.807, 2.05) is 0 Å². The molecule has 2 nitrogen and oxygen atoms in total. The fraction of sp³-hybridized carbons (Fsp3) is 1.00. The first-order chi connectivity index (χ1) is 7.88. The van der Waals surface area contributed by atoms with Gasteiger partial charge in [-0.15, -0.1) is 0 Å². The molecule has 1 aliphatic heterocycles. The third-order valence-electron chi connectivity index (χ3n) is 4.45. The number of piperidine rings is 1. The first-order valence-electron chi connectivity index (χ1n) is 7.32. The molecule has 2 aliphatic rings. The molecule has 2 rings (SSSR count). The summed E-state index contributed by atoms with van der Waals surface area (Å²) in [7, 11) is 0. The van der Waals surface area contributed by atoms with Crippen LogP contribution in [0.25, 0.3) is 0 Å². The van der Waals surface area contributed by atoms with Crippen LogP contribution in [0.1, 0.15) is 51.9 Å². The van der Waals surface area contributed by atoms with Gasteiger partial charge in [-0.05, 0) is 57.2 Å². The standard InChI is InChI=1S/C14H28N2/c1-2-12-5-3-7-14(9-12)16-11-13-6-4-8-15-10-13/h12-16H,2-11H2,1H3. The van der Waals surface area contributed by atoms with E-state index in [-0.39, 0.29) is 0 Å². The minimum atomic E-state index is 0.820. The van der Waals surface area contributed by atoms with Crippen molar-refractivity contribution in [2.45, 2.75) is 57.9 Å². The van der Waals surface area contributed by atoms with Crippen molar-refractivity contribution in [3.05, 3.63) is 0 Å². The van der Waals surface area contributed by atoms with Crippen LogP contribution in [0, 0.1) is 11.8 Å². The highest BCUT2D eigenvalue weighted by Gasteiger charge is 2.21. The largest absolute Gasteiger partial charge is 0.316 e. The maximum atomic E-state index is 3.82. The Morgan fingerprint density at radius 3 is 2.75 bits per heavy atom. The van der Waals surface area contributed by atoms with E-state index < -0.39 is 0 Å². The van der Waals surface area contributed by atoms with E-state index in [1.165, 1.54) is 64.6 Å². The van der Waals surface area contributed by atoms with Gasteiger partial charge in [-0.3, -0.25) is 0 Å². The molecule has 0 aromatic rings. The second-order valence-corrected chi connectivity index (χ2v) is 5.76. The van der Waals surface area contributed by atoms with Crippen LogP contribution in [0.3, 0.4) is 0 Å². The Morgan fingerprint density at radius 1 is 1.12 bits per heavy atom. The maximum Gasteiger partial charge on any atom is 0.00698 e. The lowest BCUT2D eigenvalue weighted by atomic mass is 9.84. The van der Waals surface area contributed by atoms with Gasteiger partial charge in [0.1, 0.15) is 0 Å². The van der Waals surface area contributed by atoms with Crippen LogP contribution >= 0.6 is 0 Å². The zero-order valence-electron chi connectivity index (χ0n) is 10.8. The minimum absolute atomic E-state index is 0.820. The predicted molar refractivity (Wildman–Crippen MR) is 69.6 cm³/mol. The lowest BCUT2D eigenvalue weighted by Crippen LogP contribution is -2.41. The fourth-order valence-electron chi connectivity index (χ4n) is 3.28. The van der Waals surface area contributed by atoms with Crippen molar-refractivity contribution < 1.29 is 0 Å². The Kier molecular flexibility index (Phi) is 5.11. The van der Waals surface area contributed by atoms with Crippen LogP contribution in [-0.2, 0) is 0 Å². The van der Waals surface area contributed by atoms with Crippen LogP contribution in [-0.4, -0.2) is 25.7 Å². The van der Waals surface area contributed by atoms with Crippen LogP contribution in [0.5, 0.6) is 0 Å². The molecule has 3 atom stereocenters. The van der Waals surface area contributed by atoms with Crippen molar-refractivity contribution >= 4 is 0 Å². The highest BCUT2D eigenvalue weighted by atomic mass is 14.9. The third kappa shape index (κ3) is 3.74. The van der Waals surface area contributed by atoms with Gasteiger partial charge in [-0.2, -0.15) is 0 Å². The van der Waals surface area contributed by atoms with Gasteiger partial charge in [0.25, 0.3) is 0 Å². The lowest BCUT2D eigenvalue weighted by Gasteiger charge is -2.31. The van der Waals surface area contributed by atoms with Gasteiger partial charge >= 0.3 is 0 Å². The summed E-state index contributed by atoms with van der Waals surface area (Å²) in [5.74, 6) is 1.88. The van der Waals surface area contributed by atoms with E-state index in [0.717, 1.165) is 17.9 Å². The van der Waals surface area contributed by atoms with Crippen molar-refractivity contribution in [3.8, 4) is 0 Å². The molecule has 2 N–H and O–H groups in total. The van der Waals surface area contributed by atoms with E-state index >= 15 is 0 Å². The summed E-state index contributed by atoms with van der Waals surface area (Å²) in [6, 6.07) is 0.820. The van der Waals surface area contributed by atoms with Gasteiger partial charge in [0.05, 0.1) is 0 Å². The molecular formula is C14H28N2. The molecule has 16 heavy (non-hydrogen) atoms. The molecule has 1 heterocycles. The Bertz CT molecular complexity index is 187. The Morgan fingerprint density at radius 2 is 2.00 bits per heavy atom. The van der Waals surface area contributed by atoms with Crippen LogP contribution in [0.4, 0.5) is 0 Å². The molecule has 94 valence electrons. The van der Waals surface area contributed by atoms with Crippen molar-refractivity contribution in [3.63, 3.8) is 0 Å². The Balaban J connectivity index is 1.64. The normalized spacial score (nSPS) is 36.2. The van der Waals surface area contributed by atoms with Gasteiger partial charge in [0.2, 0.25) is 0 Å². The van der Waals surface area contributed by atoms with Crippen molar-refractivity contribution in [1.82, 2.24) is 10.6 Å². The quantitative estimate of drug-likeness (QED) is 0.767. The summed E-state index contributed by atoms with van der Waals surface area (Å²) in [5, 5.41) is 7.32. The smallest absolute Gasteiger partial charge is 0.00698 e. The van der Waals surface area contributed by atoms with Crippen molar-refractivity contribution in [1.29, 1.82) is 0 Å². The Hall–Kier alpha value is -0.0800. The van der Waals surface area contributed by atoms with Gasteiger partial charge in [0, 0.05) is 6.04 Å². The second kappa shape index (κ2) is 6.61. The average Bonchev–Trinajstić information content (AvgIpc) is 2.38. The number of rotatable bonds is 4. The first kappa shape index (κ1) is 12.4. The number of hydrogen-bond acceptors (Lipinski definition) is 2. The molecule has 1 saturated carbocycles. The summed E-state index contributed by atoms with van der Waals surface area (Å²) in [6.07, 6.45) is 9.92. The highest BCUT2D eigenvalue weighted by molar-refractivity contribution is 4.79. The van der Waals surface area contributed by atoms with Crippen molar-refractivity contribution in [2.24, 2.45) is 11.8 Å². The molecule has 0 spiro atoms. The molecule has 1 saturated heterocycles. The third-order valence-corrected chi connectivity index (χ3v) is 4.45.